The highest BCUT2D eigenvalue weighted by atomic mass is 16.5. The number of nitrogens with one attached hydrogen (secondary N) is 2. The zero-order chi connectivity index (χ0) is 23.5. The highest BCUT2D eigenvalue weighted by Crippen LogP contribution is 2.27. The van der Waals surface area contributed by atoms with Crippen molar-refractivity contribution in [3.63, 3.8) is 0 Å². The van der Waals surface area contributed by atoms with Gasteiger partial charge in [0.2, 0.25) is 5.88 Å². The van der Waals surface area contributed by atoms with Crippen LogP contribution in [-0.4, -0.2) is 50.2 Å². The number of H-pyrrole nitrogens is 1. The molecule has 2 N–H and O–H groups in total. The zero-order valence-corrected chi connectivity index (χ0v) is 19.4. The van der Waals surface area contributed by atoms with Gasteiger partial charge in [-0.1, -0.05) is 6.07 Å². The van der Waals surface area contributed by atoms with E-state index in [0.717, 1.165) is 41.7 Å². The van der Waals surface area contributed by atoms with Crippen LogP contribution in [0.15, 0.2) is 55.0 Å². The van der Waals surface area contributed by atoms with E-state index in [1.165, 1.54) is 18.4 Å². The van der Waals surface area contributed by atoms with Crippen molar-refractivity contribution in [1.29, 1.82) is 0 Å². The third kappa shape index (κ3) is 4.92. The third-order valence-electron chi connectivity index (χ3n) is 5.86. The minimum Gasteiger partial charge on any atom is -0.475 e. The summed E-state index contributed by atoms with van der Waals surface area (Å²) in [6.45, 7) is 7.08. The summed E-state index contributed by atoms with van der Waals surface area (Å²) in [5.41, 5.74) is 4.93. The number of anilines is 1. The summed E-state index contributed by atoms with van der Waals surface area (Å²) in [6, 6.07) is 11.6. The molecule has 0 aliphatic carbocycles. The Morgan fingerprint density at radius 3 is 2.71 bits per heavy atom. The standard InChI is InChI=1S/C26H28N6O2/c1-17(2)34-24-8-6-21(15-28-24)29-26(33)25-22-12-19(5-7-23(22)30-31-25)20-11-18(13-27-14-20)16-32-9-3-4-10-32/h5-8,11-15,17H,3-4,9-10,16H2,1-2H3,(H,29,33)(H,30,31). The quantitative estimate of drug-likeness (QED) is 0.420. The molecule has 4 aromatic rings. The molecular weight excluding hydrogens is 428 g/mol. The molecule has 1 aliphatic heterocycles. The summed E-state index contributed by atoms with van der Waals surface area (Å²) in [6.07, 6.45) is 7.94. The molecule has 1 fully saturated rings. The van der Waals surface area contributed by atoms with Gasteiger partial charge in [0.25, 0.3) is 5.91 Å². The molecule has 0 saturated carbocycles. The lowest BCUT2D eigenvalue weighted by atomic mass is 10.0. The Morgan fingerprint density at radius 2 is 1.94 bits per heavy atom. The number of aromatic amines is 1. The molecule has 34 heavy (non-hydrogen) atoms. The van der Waals surface area contributed by atoms with Crippen LogP contribution in [0.25, 0.3) is 22.0 Å². The van der Waals surface area contributed by atoms with Crippen molar-refractivity contribution in [2.45, 2.75) is 39.3 Å². The molecule has 174 valence electrons. The summed E-state index contributed by atoms with van der Waals surface area (Å²) in [7, 11) is 0. The molecule has 4 heterocycles. The van der Waals surface area contributed by atoms with Crippen LogP contribution >= 0.6 is 0 Å². The Kier molecular flexibility index (Phi) is 6.22. The number of hydrogen-bond acceptors (Lipinski definition) is 6. The van der Waals surface area contributed by atoms with Crippen molar-refractivity contribution >= 4 is 22.5 Å². The van der Waals surface area contributed by atoms with Crippen molar-refractivity contribution < 1.29 is 9.53 Å². The topological polar surface area (TPSA) is 96.0 Å². The van der Waals surface area contributed by atoms with E-state index in [1.54, 1.807) is 18.3 Å². The van der Waals surface area contributed by atoms with E-state index >= 15 is 0 Å². The van der Waals surface area contributed by atoms with E-state index in [-0.39, 0.29) is 12.0 Å². The maximum Gasteiger partial charge on any atom is 0.276 e. The molecule has 1 aliphatic rings. The molecule has 3 aromatic heterocycles. The van der Waals surface area contributed by atoms with E-state index < -0.39 is 0 Å². The second kappa shape index (κ2) is 9.61. The molecule has 0 spiro atoms. The van der Waals surface area contributed by atoms with Gasteiger partial charge in [0.15, 0.2) is 5.69 Å². The highest BCUT2D eigenvalue weighted by Gasteiger charge is 2.16. The number of nitrogens with zero attached hydrogens (tertiary/aromatic N) is 4. The fourth-order valence-electron chi connectivity index (χ4n) is 4.25. The summed E-state index contributed by atoms with van der Waals surface area (Å²) in [5, 5.41) is 10.8. The monoisotopic (exact) mass is 456 g/mol. The Morgan fingerprint density at radius 1 is 1.09 bits per heavy atom. The summed E-state index contributed by atoms with van der Waals surface area (Å²) >= 11 is 0. The van der Waals surface area contributed by atoms with Crippen LogP contribution in [0.1, 0.15) is 42.7 Å². The molecule has 0 bridgehead atoms. The Hall–Kier alpha value is -3.78. The number of rotatable bonds is 7. The van der Waals surface area contributed by atoms with Gasteiger partial charge in [0, 0.05) is 36.0 Å². The molecule has 0 atom stereocenters. The van der Waals surface area contributed by atoms with Crippen molar-refractivity contribution in [2.75, 3.05) is 18.4 Å². The SMILES string of the molecule is CC(C)Oc1ccc(NC(=O)c2n[nH]c3ccc(-c4cncc(CN5CCCC5)c4)cc23)cn1. The second-order valence-corrected chi connectivity index (χ2v) is 8.90. The number of hydrogen-bond donors (Lipinski definition) is 2. The predicted octanol–water partition coefficient (Wildman–Crippen LogP) is 4.66. The molecular formula is C26H28N6O2. The fraction of sp³-hybridized carbons (Fsp3) is 0.308. The van der Waals surface area contributed by atoms with E-state index in [9.17, 15) is 4.79 Å². The fourth-order valence-corrected chi connectivity index (χ4v) is 4.25. The van der Waals surface area contributed by atoms with E-state index in [1.807, 2.05) is 44.4 Å². The van der Waals surface area contributed by atoms with Crippen LogP contribution in [-0.2, 0) is 6.54 Å². The molecule has 0 unspecified atom stereocenters. The molecule has 1 aromatic carbocycles. The number of carbonyl (C=O) groups excluding carboxylic acids is 1. The number of carbonyl (C=O) groups is 1. The average molecular weight is 457 g/mol. The second-order valence-electron chi connectivity index (χ2n) is 8.90. The largest absolute Gasteiger partial charge is 0.475 e. The average Bonchev–Trinajstić information content (AvgIpc) is 3.49. The maximum absolute atomic E-state index is 13.0. The van der Waals surface area contributed by atoms with Gasteiger partial charge >= 0.3 is 0 Å². The van der Waals surface area contributed by atoms with Gasteiger partial charge in [0.1, 0.15) is 0 Å². The number of pyridine rings is 2. The van der Waals surface area contributed by atoms with Crippen molar-refractivity contribution in [1.82, 2.24) is 25.1 Å². The molecule has 1 saturated heterocycles. The minimum atomic E-state index is -0.302. The minimum absolute atomic E-state index is 0.0358. The molecule has 8 nitrogen and oxygen atoms in total. The van der Waals surface area contributed by atoms with Gasteiger partial charge in [-0.05, 0) is 75.2 Å². The molecule has 8 heteroatoms. The van der Waals surface area contributed by atoms with Crippen LogP contribution in [0.2, 0.25) is 0 Å². The lowest BCUT2D eigenvalue weighted by molar-refractivity contribution is 0.102. The van der Waals surface area contributed by atoms with Crippen LogP contribution < -0.4 is 10.1 Å². The summed E-state index contributed by atoms with van der Waals surface area (Å²) < 4.78 is 5.56. The van der Waals surface area contributed by atoms with Crippen LogP contribution in [0, 0.1) is 0 Å². The summed E-state index contributed by atoms with van der Waals surface area (Å²) in [5.74, 6) is 0.215. The van der Waals surface area contributed by atoms with Crippen LogP contribution in [0.5, 0.6) is 5.88 Å². The lowest BCUT2D eigenvalue weighted by Gasteiger charge is -2.14. The van der Waals surface area contributed by atoms with E-state index in [4.69, 9.17) is 4.74 Å². The Labute approximate surface area is 198 Å². The van der Waals surface area contributed by atoms with Gasteiger partial charge in [-0.15, -0.1) is 0 Å². The number of benzene rings is 1. The molecule has 1 amide bonds. The third-order valence-corrected chi connectivity index (χ3v) is 5.86. The number of amides is 1. The predicted molar refractivity (Wildman–Crippen MR) is 132 cm³/mol. The van der Waals surface area contributed by atoms with E-state index in [0.29, 0.717) is 17.3 Å². The molecule has 0 radical (unpaired) electrons. The lowest BCUT2D eigenvalue weighted by Crippen LogP contribution is -2.18. The van der Waals surface area contributed by atoms with Gasteiger partial charge in [-0.25, -0.2) is 4.98 Å². The number of likely N-dealkylation sites (tertiary alicyclic amines) is 1. The first-order valence-corrected chi connectivity index (χ1v) is 11.6. The van der Waals surface area contributed by atoms with Crippen molar-refractivity contribution in [2.24, 2.45) is 0 Å². The zero-order valence-electron chi connectivity index (χ0n) is 19.4. The van der Waals surface area contributed by atoms with Crippen LogP contribution in [0.4, 0.5) is 5.69 Å². The Bertz CT molecular complexity index is 1290. The first-order valence-electron chi connectivity index (χ1n) is 11.6. The first kappa shape index (κ1) is 22.0. The highest BCUT2D eigenvalue weighted by molar-refractivity contribution is 6.11. The number of ether oxygens (including phenoxy) is 1. The van der Waals surface area contributed by atoms with Crippen molar-refractivity contribution in [3.8, 4) is 17.0 Å². The maximum atomic E-state index is 13.0. The van der Waals surface area contributed by atoms with Gasteiger partial charge in [-0.3, -0.25) is 19.8 Å². The number of fused-ring (bicyclic) bond motifs is 1. The summed E-state index contributed by atoms with van der Waals surface area (Å²) in [4.78, 5) is 24.1. The van der Waals surface area contributed by atoms with E-state index in [2.05, 4.69) is 36.4 Å². The number of aromatic nitrogens is 4. The van der Waals surface area contributed by atoms with Crippen LogP contribution in [0.3, 0.4) is 0 Å². The van der Waals surface area contributed by atoms with Gasteiger partial charge < -0.3 is 10.1 Å². The van der Waals surface area contributed by atoms with Crippen molar-refractivity contribution in [3.05, 3.63) is 66.2 Å². The first-order chi connectivity index (χ1) is 16.5. The normalized spacial score (nSPS) is 14.1. The molecule has 5 rings (SSSR count). The Balaban J connectivity index is 1.36. The smallest absolute Gasteiger partial charge is 0.276 e. The van der Waals surface area contributed by atoms with Gasteiger partial charge in [0.05, 0.1) is 23.5 Å². The van der Waals surface area contributed by atoms with Gasteiger partial charge in [-0.2, -0.15) is 5.10 Å².